The van der Waals surface area contributed by atoms with Gasteiger partial charge in [0.05, 0.1) is 7.11 Å². The van der Waals surface area contributed by atoms with Gasteiger partial charge in [-0.05, 0) is 35.9 Å². The fourth-order valence-electron chi connectivity index (χ4n) is 3.05. The first-order chi connectivity index (χ1) is 15.1. The van der Waals surface area contributed by atoms with Gasteiger partial charge in [-0.25, -0.2) is 4.79 Å². The molecule has 0 fully saturated rings. The molecule has 2 aromatic carbocycles. The van der Waals surface area contributed by atoms with Crippen LogP contribution in [0.25, 0.3) is 6.08 Å². The Kier molecular flexibility index (Phi) is 7.48. The van der Waals surface area contributed by atoms with Crippen molar-refractivity contribution in [2.75, 3.05) is 13.7 Å². The van der Waals surface area contributed by atoms with Crippen molar-refractivity contribution in [2.45, 2.75) is 13.1 Å². The number of allylic oxidation sites excluding steroid dienone is 1. The first-order valence-electron chi connectivity index (χ1n) is 9.73. The normalized spacial score (nSPS) is 10.7. The molecule has 1 heterocycles. The average molecular weight is 420 g/mol. The number of amides is 1. The molecule has 160 valence electrons. The number of carboxylic acid groups (broad SMARTS) is 1. The van der Waals surface area contributed by atoms with Crippen LogP contribution in [0.4, 0.5) is 0 Å². The summed E-state index contributed by atoms with van der Waals surface area (Å²) >= 11 is 0. The second kappa shape index (κ2) is 10.7. The monoisotopic (exact) mass is 420 g/mol. The highest BCUT2D eigenvalue weighted by Gasteiger charge is 2.11. The van der Waals surface area contributed by atoms with Gasteiger partial charge in [0.15, 0.2) is 6.61 Å². The zero-order valence-electron chi connectivity index (χ0n) is 17.2. The fourth-order valence-corrected chi connectivity index (χ4v) is 3.05. The second-order valence-corrected chi connectivity index (χ2v) is 6.70. The maximum atomic E-state index is 12.6. The van der Waals surface area contributed by atoms with Gasteiger partial charge < -0.3 is 24.5 Å². The van der Waals surface area contributed by atoms with Gasteiger partial charge in [-0.15, -0.1) is 0 Å². The number of hydrogen-bond acceptors (Lipinski definition) is 4. The van der Waals surface area contributed by atoms with Gasteiger partial charge in [-0.2, -0.15) is 0 Å². The molecule has 0 unspecified atom stereocenters. The van der Waals surface area contributed by atoms with Crippen LogP contribution in [0.1, 0.15) is 21.6 Å². The van der Waals surface area contributed by atoms with E-state index in [9.17, 15) is 9.59 Å². The van der Waals surface area contributed by atoms with Crippen LogP contribution in [-0.4, -0.2) is 35.3 Å². The summed E-state index contributed by atoms with van der Waals surface area (Å²) in [5.74, 6) is 0.0241. The molecule has 0 radical (unpaired) electrons. The lowest BCUT2D eigenvalue weighted by molar-refractivity contribution is -0.139. The number of para-hydroxylation sites is 1. The predicted octanol–water partition coefficient (Wildman–Crippen LogP) is 3.60. The number of carbonyl (C=O) groups excluding carboxylic acids is 1. The highest BCUT2D eigenvalue weighted by molar-refractivity contribution is 5.92. The lowest BCUT2D eigenvalue weighted by Gasteiger charge is -2.11. The van der Waals surface area contributed by atoms with Crippen LogP contribution < -0.4 is 14.8 Å². The van der Waals surface area contributed by atoms with Crippen molar-refractivity contribution in [2.24, 2.45) is 0 Å². The predicted molar refractivity (Wildman–Crippen MR) is 117 cm³/mol. The van der Waals surface area contributed by atoms with E-state index in [1.807, 2.05) is 59.3 Å². The molecular formula is C24H24N2O5. The van der Waals surface area contributed by atoms with Gasteiger partial charge in [0.1, 0.15) is 17.2 Å². The van der Waals surface area contributed by atoms with Gasteiger partial charge in [0.25, 0.3) is 5.91 Å². The summed E-state index contributed by atoms with van der Waals surface area (Å²) < 4.78 is 12.4. The van der Waals surface area contributed by atoms with Gasteiger partial charge in [-0.1, -0.05) is 42.5 Å². The van der Waals surface area contributed by atoms with Crippen molar-refractivity contribution in [3.63, 3.8) is 0 Å². The molecule has 0 saturated heterocycles. The molecule has 0 aliphatic rings. The Morgan fingerprint density at radius 1 is 1.10 bits per heavy atom. The Bertz CT molecular complexity index is 1070. The highest BCUT2D eigenvalue weighted by Crippen LogP contribution is 2.17. The molecule has 0 atom stereocenters. The largest absolute Gasteiger partial charge is 0.496 e. The molecule has 0 aliphatic heterocycles. The number of methoxy groups -OCH3 is 1. The van der Waals surface area contributed by atoms with Crippen LogP contribution >= 0.6 is 0 Å². The van der Waals surface area contributed by atoms with E-state index in [0.717, 1.165) is 16.9 Å². The first kappa shape index (κ1) is 21.7. The number of benzene rings is 2. The quantitative estimate of drug-likeness (QED) is 0.523. The number of ether oxygens (including phenoxy) is 2. The van der Waals surface area contributed by atoms with Crippen LogP contribution in [0.5, 0.6) is 11.5 Å². The van der Waals surface area contributed by atoms with Crippen molar-refractivity contribution in [1.82, 2.24) is 9.88 Å². The minimum atomic E-state index is -1.02. The third-order valence-corrected chi connectivity index (χ3v) is 4.53. The molecule has 7 nitrogen and oxygen atoms in total. The van der Waals surface area contributed by atoms with Crippen LogP contribution in [0.2, 0.25) is 0 Å². The topological polar surface area (TPSA) is 89.8 Å². The third kappa shape index (κ3) is 6.24. The van der Waals surface area contributed by atoms with E-state index in [1.54, 1.807) is 31.4 Å². The SMILES string of the molecule is COc1ccccc1CNC(=O)c1cccn1CC=Cc1cccc(OCC(=O)O)c1. The summed E-state index contributed by atoms with van der Waals surface area (Å²) in [6.07, 6.45) is 5.66. The number of hydrogen-bond donors (Lipinski definition) is 2. The number of carbonyl (C=O) groups is 2. The standard InChI is InChI=1S/C24H24N2O5/c1-30-22-12-3-2-9-19(22)16-25-24(29)21-11-6-14-26(21)13-5-8-18-7-4-10-20(15-18)31-17-23(27)28/h2-12,14-15H,13,16-17H2,1H3,(H,25,29)(H,27,28). The van der Waals surface area contributed by atoms with Crippen molar-refractivity contribution < 1.29 is 24.2 Å². The van der Waals surface area contributed by atoms with Crippen molar-refractivity contribution in [1.29, 1.82) is 0 Å². The molecule has 0 aliphatic carbocycles. The van der Waals surface area contributed by atoms with Crippen LogP contribution in [0, 0.1) is 0 Å². The number of rotatable bonds is 10. The lowest BCUT2D eigenvalue weighted by Crippen LogP contribution is -2.25. The zero-order chi connectivity index (χ0) is 22.1. The molecule has 1 aromatic heterocycles. The van der Waals surface area contributed by atoms with Crippen LogP contribution in [0.15, 0.2) is 72.9 Å². The van der Waals surface area contributed by atoms with Gasteiger partial charge in [-0.3, -0.25) is 4.79 Å². The summed E-state index contributed by atoms with van der Waals surface area (Å²) in [5, 5.41) is 11.6. The van der Waals surface area contributed by atoms with Crippen molar-refractivity contribution >= 4 is 18.0 Å². The Balaban J connectivity index is 1.59. The van der Waals surface area contributed by atoms with Crippen LogP contribution in [0.3, 0.4) is 0 Å². The Hall–Kier alpha value is -4.00. The molecule has 0 spiro atoms. The van der Waals surface area contributed by atoms with Crippen LogP contribution in [-0.2, 0) is 17.9 Å². The third-order valence-electron chi connectivity index (χ3n) is 4.53. The van der Waals surface area contributed by atoms with E-state index >= 15 is 0 Å². The molecule has 7 heteroatoms. The summed E-state index contributed by atoms with van der Waals surface area (Å²) in [6.45, 7) is 0.488. The first-order valence-corrected chi connectivity index (χ1v) is 9.73. The van der Waals surface area contributed by atoms with E-state index in [4.69, 9.17) is 14.6 Å². The molecule has 31 heavy (non-hydrogen) atoms. The number of aliphatic carboxylic acids is 1. The number of nitrogens with one attached hydrogen (secondary N) is 1. The minimum Gasteiger partial charge on any atom is -0.496 e. The molecule has 0 saturated carbocycles. The van der Waals surface area contributed by atoms with E-state index < -0.39 is 5.97 Å². The number of nitrogens with zero attached hydrogens (tertiary/aromatic N) is 1. The van der Waals surface area contributed by atoms with Crippen molar-refractivity contribution in [3.05, 3.63) is 89.8 Å². The molecule has 3 rings (SSSR count). The average Bonchev–Trinajstić information content (AvgIpc) is 3.25. The highest BCUT2D eigenvalue weighted by atomic mass is 16.5. The smallest absolute Gasteiger partial charge is 0.341 e. The van der Waals surface area contributed by atoms with Gasteiger partial charge >= 0.3 is 5.97 Å². The maximum Gasteiger partial charge on any atom is 0.341 e. The molecule has 0 bridgehead atoms. The lowest BCUT2D eigenvalue weighted by atomic mass is 10.2. The molecular weight excluding hydrogens is 396 g/mol. The fraction of sp³-hybridized carbons (Fsp3) is 0.167. The van der Waals surface area contributed by atoms with Gasteiger partial charge in [0.2, 0.25) is 0 Å². The summed E-state index contributed by atoms with van der Waals surface area (Å²) in [5.41, 5.74) is 2.33. The van der Waals surface area contributed by atoms with E-state index in [0.29, 0.717) is 24.5 Å². The maximum absolute atomic E-state index is 12.6. The molecule has 3 aromatic rings. The summed E-state index contributed by atoms with van der Waals surface area (Å²) in [6, 6.07) is 18.3. The summed E-state index contributed by atoms with van der Waals surface area (Å²) in [7, 11) is 1.60. The summed E-state index contributed by atoms with van der Waals surface area (Å²) in [4.78, 5) is 23.3. The van der Waals surface area contributed by atoms with Gasteiger partial charge in [0, 0.05) is 24.8 Å². The minimum absolute atomic E-state index is 0.173. The Labute approximate surface area is 180 Å². The Morgan fingerprint density at radius 3 is 2.74 bits per heavy atom. The van der Waals surface area contributed by atoms with E-state index in [1.165, 1.54) is 0 Å². The Morgan fingerprint density at radius 2 is 1.94 bits per heavy atom. The van der Waals surface area contributed by atoms with Crippen molar-refractivity contribution in [3.8, 4) is 11.5 Å². The van der Waals surface area contributed by atoms with E-state index in [-0.39, 0.29) is 12.5 Å². The number of carboxylic acids is 1. The number of aromatic nitrogens is 1. The second-order valence-electron chi connectivity index (χ2n) is 6.70. The molecule has 1 amide bonds. The zero-order valence-corrected chi connectivity index (χ0v) is 17.2. The molecule has 2 N–H and O–H groups in total. The van der Waals surface area contributed by atoms with E-state index in [2.05, 4.69) is 5.32 Å².